The lowest BCUT2D eigenvalue weighted by Gasteiger charge is -2.37. The van der Waals surface area contributed by atoms with Crippen LogP contribution in [0.4, 0.5) is 0 Å². The zero-order valence-electron chi connectivity index (χ0n) is 19.0. The number of amides is 2. The molecule has 2 aliphatic rings. The van der Waals surface area contributed by atoms with Crippen LogP contribution in [0.15, 0.2) is 41.8 Å². The van der Waals surface area contributed by atoms with Crippen LogP contribution in [0.3, 0.4) is 0 Å². The van der Waals surface area contributed by atoms with Crippen molar-refractivity contribution in [3.8, 4) is 0 Å². The molecule has 2 heterocycles. The molecule has 32 heavy (non-hydrogen) atoms. The highest BCUT2D eigenvalue weighted by atomic mass is 32.1. The zero-order valence-corrected chi connectivity index (χ0v) is 19.8. The minimum absolute atomic E-state index is 0.0148. The van der Waals surface area contributed by atoms with Gasteiger partial charge in [-0.1, -0.05) is 56.0 Å². The summed E-state index contributed by atoms with van der Waals surface area (Å²) < 4.78 is 5.24. The molecule has 5 nitrogen and oxygen atoms in total. The normalized spacial score (nSPS) is 18.5. The molecule has 1 aliphatic carbocycles. The number of ether oxygens (including phenoxy) is 1. The molecule has 1 aliphatic heterocycles. The second kappa shape index (κ2) is 11.1. The Hall–Kier alpha value is -2.18. The van der Waals surface area contributed by atoms with Gasteiger partial charge in [0.15, 0.2) is 0 Å². The molecule has 172 valence electrons. The molecule has 2 aromatic rings. The third-order valence-corrected chi connectivity index (χ3v) is 7.88. The molecule has 0 saturated heterocycles. The number of rotatable bonds is 9. The fourth-order valence-corrected chi connectivity index (χ4v) is 6.02. The van der Waals surface area contributed by atoms with E-state index < -0.39 is 0 Å². The van der Waals surface area contributed by atoms with Crippen molar-refractivity contribution in [2.24, 2.45) is 5.92 Å². The lowest BCUT2D eigenvalue weighted by molar-refractivity contribution is -0.142. The highest BCUT2D eigenvalue weighted by Crippen LogP contribution is 2.37. The molecule has 4 rings (SSSR count). The summed E-state index contributed by atoms with van der Waals surface area (Å²) in [7, 11) is 1.64. The van der Waals surface area contributed by atoms with Gasteiger partial charge in [-0.25, -0.2) is 0 Å². The summed E-state index contributed by atoms with van der Waals surface area (Å²) in [6.07, 6.45) is 7.37. The van der Waals surface area contributed by atoms with E-state index in [2.05, 4.69) is 23.6 Å². The van der Waals surface area contributed by atoms with Crippen LogP contribution >= 0.6 is 11.3 Å². The van der Waals surface area contributed by atoms with Crippen LogP contribution in [0, 0.1) is 5.92 Å². The van der Waals surface area contributed by atoms with E-state index in [9.17, 15) is 9.59 Å². The number of benzene rings is 1. The number of carbonyl (C=O) groups is 2. The van der Waals surface area contributed by atoms with Crippen molar-refractivity contribution in [3.63, 3.8) is 0 Å². The van der Waals surface area contributed by atoms with Crippen LogP contribution in [0.25, 0.3) is 0 Å². The average molecular weight is 455 g/mol. The van der Waals surface area contributed by atoms with Crippen LogP contribution in [0.2, 0.25) is 0 Å². The molecule has 0 radical (unpaired) electrons. The summed E-state index contributed by atoms with van der Waals surface area (Å²) in [6, 6.07) is 12.3. The fourth-order valence-electron chi connectivity index (χ4n) is 5.11. The monoisotopic (exact) mass is 454 g/mol. The van der Waals surface area contributed by atoms with Crippen molar-refractivity contribution in [3.05, 3.63) is 57.8 Å². The maximum Gasteiger partial charge on any atom is 0.242 e. The van der Waals surface area contributed by atoms with Gasteiger partial charge >= 0.3 is 0 Å². The van der Waals surface area contributed by atoms with Crippen LogP contribution in [0.5, 0.6) is 0 Å². The first-order valence-corrected chi connectivity index (χ1v) is 12.7. The predicted molar refractivity (Wildman–Crippen MR) is 128 cm³/mol. The van der Waals surface area contributed by atoms with Crippen LogP contribution < -0.4 is 0 Å². The highest BCUT2D eigenvalue weighted by molar-refractivity contribution is 7.10. The quantitative estimate of drug-likeness (QED) is 0.553. The standard InChI is InChI=1S/C26H34N2O3S/c1-31-17-16-27(24(29)12-11-20-7-5-6-8-20)19-25(30)28-15-13-23-22(14-18-32-23)26(28)21-9-3-2-4-10-21/h2-4,9-10,14,18,20,26H,5-8,11-13,15-17,19H2,1H3. The molecular formula is C26H34N2O3S. The Morgan fingerprint density at radius 2 is 1.94 bits per heavy atom. The molecule has 0 spiro atoms. The van der Waals surface area contributed by atoms with Gasteiger partial charge in [-0.15, -0.1) is 11.3 Å². The Morgan fingerprint density at radius 3 is 2.69 bits per heavy atom. The summed E-state index contributed by atoms with van der Waals surface area (Å²) >= 11 is 1.77. The molecule has 0 bridgehead atoms. The highest BCUT2D eigenvalue weighted by Gasteiger charge is 2.34. The van der Waals surface area contributed by atoms with Crippen LogP contribution in [0.1, 0.15) is 60.6 Å². The summed E-state index contributed by atoms with van der Waals surface area (Å²) in [6.45, 7) is 1.70. The molecular weight excluding hydrogens is 420 g/mol. The Morgan fingerprint density at radius 1 is 1.16 bits per heavy atom. The predicted octanol–water partition coefficient (Wildman–Crippen LogP) is 4.67. The van der Waals surface area contributed by atoms with E-state index in [1.54, 1.807) is 23.3 Å². The summed E-state index contributed by atoms with van der Waals surface area (Å²) in [5, 5.41) is 2.12. The molecule has 1 aromatic heterocycles. The molecule has 1 atom stereocenters. The van der Waals surface area contributed by atoms with Gasteiger partial charge in [0.1, 0.15) is 0 Å². The topological polar surface area (TPSA) is 49.9 Å². The second-order valence-corrected chi connectivity index (χ2v) is 9.95. The first-order valence-electron chi connectivity index (χ1n) is 11.8. The molecule has 1 fully saturated rings. The minimum Gasteiger partial charge on any atom is -0.383 e. The second-order valence-electron chi connectivity index (χ2n) is 8.95. The third-order valence-electron chi connectivity index (χ3n) is 6.89. The number of carbonyl (C=O) groups excluding carboxylic acids is 2. The van der Waals surface area contributed by atoms with Gasteiger partial charge in [0.2, 0.25) is 11.8 Å². The Bertz CT molecular complexity index is 891. The number of methoxy groups -OCH3 is 1. The molecule has 1 unspecified atom stereocenters. The van der Waals surface area contributed by atoms with Crippen LogP contribution in [-0.4, -0.2) is 55.0 Å². The van der Waals surface area contributed by atoms with Gasteiger partial charge in [0, 0.05) is 31.5 Å². The van der Waals surface area contributed by atoms with E-state index >= 15 is 0 Å². The van der Waals surface area contributed by atoms with Crippen molar-refractivity contribution >= 4 is 23.2 Å². The smallest absolute Gasteiger partial charge is 0.242 e. The van der Waals surface area contributed by atoms with E-state index in [1.165, 1.54) is 36.1 Å². The minimum atomic E-state index is -0.0865. The van der Waals surface area contributed by atoms with E-state index in [0.717, 1.165) is 18.4 Å². The third kappa shape index (κ3) is 5.41. The van der Waals surface area contributed by atoms with Crippen molar-refractivity contribution in [2.75, 3.05) is 33.4 Å². The van der Waals surface area contributed by atoms with Gasteiger partial charge in [-0.05, 0) is 41.3 Å². The Balaban J connectivity index is 1.48. The lowest BCUT2D eigenvalue weighted by Crippen LogP contribution is -2.47. The van der Waals surface area contributed by atoms with E-state index in [-0.39, 0.29) is 24.4 Å². The van der Waals surface area contributed by atoms with Gasteiger partial charge in [-0.3, -0.25) is 9.59 Å². The summed E-state index contributed by atoms with van der Waals surface area (Å²) in [5.74, 6) is 0.758. The van der Waals surface area contributed by atoms with Crippen molar-refractivity contribution in [1.29, 1.82) is 0 Å². The molecule has 1 aromatic carbocycles. The molecule has 2 amide bonds. The van der Waals surface area contributed by atoms with Gasteiger partial charge in [0.05, 0.1) is 19.2 Å². The summed E-state index contributed by atoms with van der Waals surface area (Å²) in [4.78, 5) is 31.6. The molecule has 1 saturated carbocycles. The van der Waals surface area contributed by atoms with Gasteiger partial charge in [0.25, 0.3) is 0 Å². The number of hydrogen-bond acceptors (Lipinski definition) is 4. The van der Waals surface area contributed by atoms with Gasteiger partial charge in [-0.2, -0.15) is 0 Å². The fraction of sp³-hybridized carbons (Fsp3) is 0.538. The molecule has 0 N–H and O–H groups in total. The van der Waals surface area contributed by atoms with Crippen molar-refractivity contribution < 1.29 is 14.3 Å². The zero-order chi connectivity index (χ0) is 22.3. The average Bonchev–Trinajstić information content (AvgIpc) is 3.52. The first-order chi connectivity index (χ1) is 15.7. The van der Waals surface area contributed by atoms with Gasteiger partial charge < -0.3 is 14.5 Å². The number of nitrogens with zero attached hydrogens (tertiary/aromatic N) is 2. The number of hydrogen-bond donors (Lipinski definition) is 0. The lowest BCUT2D eigenvalue weighted by atomic mass is 9.93. The molecule has 6 heteroatoms. The van der Waals surface area contributed by atoms with Crippen LogP contribution in [-0.2, 0) is 20.7 Å². The van der Waals surface area contributed by atoms with Crippen molar-refractivity contribution in [1.82, 2.24) is 9.80 Å². The van der Waals surface area contributed by atoms with E-state index in [4.69, 9.17) is 4.74 Å². The first kappa shape index (κ1) is 23.0. The van der Waals surface area contributed by atoms with E-state index in [0.29, 0.717) is 32.0 Å². The number of thiophene rings is 1. The maximum absolute atomic E-state index is 13.5. The Labute approximate surface area is 195 Å². The number of fused-ring (bicyclic) bond motifs is 1. The Kier molecular flexibility index (Phi) is 7.98. The summed E-state index contributed by atoms with van der Waals surface area (Å²) in [5.41, 5.74) is 2.34. The SMILES string of the molecule is COCCN(CC(=O)N1CCc2sccc2C1c1ccccc1)C(=O)CCC1CCCC1. The van der Waals surface area contributed by atoms with E-state index in [1.807, 2.05) is 23.1 Å². The largest absolute Gasteiger partial charge is 0.383 e. The van der Waals surface area contributed by atoms with Crippen molar-refractivity contribution in [2.45, 2.75) is 51.0 Å². The maximum atomic E-state index is 13.5.